The predicted molar refractivity (Wildman–Crippen MR) is 41.5 cm³/mol. The van der Waals surface area contributed by atoms with Gasteiger partial charge in [-0.2, -0.15) is 0 Å². The second-order valence-electron chi connectivity index (χ2n) is 1.74. The molecule has 0 aromatic carbocycles. The summed E-state index contributed by atoms with van der Waals surface area (Å²) >= 11 is 0. The summed E-state index contributed by atoms with van der Waals surface area (Å²) < 4.78 is 34.1. The maximum absolute atomic E-state index is 8.52. The maximum atomic E-state index is 8.52. The molecule has 0 unspecified atom stereocenters. The normalized spacial score (nSPS) is 9.54. The molecule has 0 spiro atoms. The molecule has 7 nitrogen and oxygen atoms in total. The molecular formula is C4H13MnN3O4S. The first-order valence-corrected chi connectivity index (χ1v) is 4.52. The zero-order valence-corrected chi connectivity index (χ0v) is 8.90. The molecule has 0 rings (SSSR count). The topological polar surface area (TPSA) is 144 Å². The smallest absolute Gasteiger partial charge is 0.759 e. The van der Waals surface area contributed by atoms with Crippen molar-refractivity contribution in [1.29, 1.82) is 0 Å². The third-order valence-electron chi connectivity index (χ3n) is 0.642. The molecule has 0 bridgehead atoms. The van der Waals surface area contributed by atoms with Gasteiger partial charge in [0.05, 0.1) is 0 Å². The monoisotopic (exact) mass is 254 g/mol. The zero-order valence-electron chi connectivity index (χ0n) is 6.90. The summed E-state index contributed by atoms with van der Waals surface area (Å²) in [5.41, 5.74) is 10.3. The van der Waals surface area contributed by atoms with Gasteiger partial charge in [0.1, 0.15) is 0 Å². The molecule has 0 saturated carbocycles. The molecule has 9 heteroatoms. The average molecular weight is 254 g/mol. The Morgan fingerprint density at radius 2 is 1.31 bits per heavy atom. The number of rotatable bonds is 4. The van der Waals surface area contributed by atoms with Gasteiger partial charge in [-0.15, -0.1) is 0 Å². The van der Waals surface area contributed by atoms with E-state index in [4.69, 9.17) is 29.0 Å². The van der Waals surface area contributed by atoms with E-state index in [9.17, 15) is 0 Å². The minimum Gasteiger partial charge on any atom is -0.759 e. The Bertz CT molecular complexity index is 162. The molecule has 0 fully saturated rings. The Balaban J connectivity index is -0.000000150. The van der Waals surface area contributed by atoms with Crippen molar-refractivity contribution in [2.45, 2.75) is 0 Å². The zero-order chi connectivity index (χ0) is 10.0. The summed E-state index contributed by atoms with van der Waals surface area (Å²) in [5.74, 6) is 0. The van der Waals surface area contributed by atoms with Crippen LogP contribution in [-0.2, 0) is 27.5 Å². The van der Waals surface area contributed by atoms with E-state index in [0.29, 0.717) is 13.1 Å². The molecule has 81 valence electrons. The first-order valence-electron chi connectivity index (χ1n) is 3.19. The first-order chi connectivity index (χ1) is 5.41. The summed E-state index contributed by atoms with van der Waals surface area (Å²) in [5, 5.41) is 3.03. The van der Waals surface area contributed by atoms with Gasteiger partial charge in [-0.05, 0) is 0 Å². The van der Waals surface area contributed by atoms with Crippen molar-refractivity contribution in [3.8, 4) is 0 Å². The fraction of sp³-hybridized carbons (Fsp3) is 1.00. The van der Waals surface area contributed by atoms with Gasteiger partial charge in [0.2, 0.25) is 0 Å². The van der Waals surface area contributed by atoms with Gasteiger partial charge in [0, 0.05) is 36.6 Å². The van der Waals surface area contributed by atoms with E-state index in [1.807, 2.05) is 0 Å². The van der Waals surface area contributed by atoms with Crippen LogP contribution >= 0.6 is 0 Å². The van der Waals surface area contributed by atoms with Crippen molar-refractivity contribution >= 4 is 10.4 Å². The molecule has 5 N–H and O–H groups in total. The minimum absolute atomic E-state index is 0. The molecule has 13 heavy (non-hydrogen) atoms. The Morgan fingerprint density at radius 3 is 1.46 bits per heavy atom. The van der Waals surface area contributed by atoms with Crippen LogP contribution in [0.5, 0.6) is 0 Å². The van der Waals surface area contributed by atoms with Gasteiger partial charge >= 0.3 is 17.1 Å². The largest absolute Gasteiger partial charge is 2.00 e. The van der Waals surface area contributed by atoms with Crippen molar-refractivity contribution in [2.75, 3.05) is 26.2 Å². The summed E-state index contributed by atoms with van der Waals surface area (Å²) in [4.78, 5) is 0. The molecule has 0 heterocycles. The molecule has 1 radical (unpaired) electrons. The average Bonchev–Trinajstić information content (AvgIpc) is 1.85. The van der Waals surface area contributed by atoms with Crippen LogP contribution in [0.4, 0.5) is 0 Å². The third-order valence-corrected chi connectivity index (χ3v) is 0.642. The van der Waals surface area contributed by atoms with E-state index < -0.39 is 10.4 Å². The molecule has 0 aliphatic heterocycles. The van der Waals surface area contributed by atoms with Crippen LogP contribution in [0.3, 0.4) is 0 Å². The fourth-order valence-corrected chi connectivity index (χ4v) is 0.329. The molecule has 0 aromatic rings. The number of hydrogen-bond donors (Lipinski definition) is 3. The van der Waals surface area contributed by atoms with Crippen LogP contribution < -0.4 is 16.8 Å². The quantitative estimate of drug-likeness (QED) is 0.212. The molecule has 0 aliphatic carbocycles. The van der Waals surface area contributed by atoms with Gasteiger partial charge < -0.3 is 25.9 Å². The molecule has 0 aromatic heterocycles. The Hall–Kier alpha value is 0.269. The molecule has 0 aliphatic rings. The Morgan fingerprint density at radius 1 is 1.08 bits per heavy atom. The fourth-order valence-electron chi connectivity index (χ4n) is 0.329. The van der Waals surface area contributed by atoms with E-state index in [0.717, 1.165) is 13.1 Å². The second kappa shape index (κ2) is 12.3. The molecule has 0 atom stereocenters. The van der Waals surface area contributed by atoms with Crippen LogP contribution in [0.15, 0.2) is 0 Å². The van der Waals surface area contributed by atoms with Crippen molar-refractivity contribution in [2.24, 2.45) is 11.5 Å². The van der Waals surface area contributed by atoms with Crippen molar-refractivity contribution in [3.05, 3.63) is 0 Å². The Kier molecular flexibility index (Phi) is 17.9. The van der Waals surface area contributed by atoms with E-state index in [2.05, 4.69) is 5.32 Å². The predicted octanol–water partition coefficient (Wildman–Crippen LogP) is -2.85. The Labute approximate surface area is 88.3 Å². The van der Waals surface area contributed by atoms with Gasteiger partial charge in [-0.25, -0.2) is 0 Å². The van der Waals surface area contributed by atoms with Crippen LogP contribution in [0, 0.1) is 0 Å². The number of nitrogens with two attached hydrogens (primary N) is 2. The summed E-state index contributed by atoms with van der Waals surface area (Å²) in [6.45, 7) is 3.13. The van der Waals surface area contributed by atoms with E-state index >= 15 is 0 Å². The van der Waals surface area contributed by atoms with Crippen molar-refractivity contribution < 1.29 is 34.6 Å². The van der Waals surface area contributed by atoms with E-state index in [1.54, 1.807) is 0 Å². The minimum atomic E-state index is -5.17. The van der Waals surface area contributed by atoms with Gasteiger partial charge in [0.25, 0.3) is 0 Å². The summed E-state index contributed by atoms with van der Waals surface area (Å²) in [6.07, 6.45) is 0. The summed E-state index contributed by atoms with van der Waals surface area (Å²) in [6, 6.07) is 0. The second-order valence-corrected chi connectivity index (χ2v) is 2.55. The SMILES string of the molecule is NCCNCCN.O=S(=O)([O-])[O-].[Mn+2]. The van der Waals surface area contributed by atoms with Crippen LogP contribution in [0.1, 0.15) is 0 Å². The number of nitrogens with one attached hydrogen (secondary N) is 1. The van der Waals surface area contributed by atoms with E-state index in [1.165, 1.54) is 0 Å². The van der Waals surface area contributed by atoms with Crippen LogP contribution in [-0.4, -0.2) is 43.7 Å². The molecule has 0 saturated heterocycles. The standard InChI is InChI=1S/C4H13N3.Mn.H2O4S/c5-1-3-7-4-2-6;;1-5(2,3)4/h7H,1-6H2;;(H2,1,2,3,4)/q;+2;/p-2. The molecular weight excluding hydrogens is 241 g/mol. The van der Waals surface area contributed by atoms with Gasteiger partial charge in [0.15, 0.2) is 0 Å². The van der Waals surface area contributed by atoms with Gasteiger partial charge in [-0.1, -0.05) is 0 Å². The molecule has 0 amide bonds. The van der Waals surface area contributed by atoms with Crippen LogP contribution in [0.2, 0.25) is 0 Å². The van der Waals surface area contributed by atoms with Crippen molar-refractivity contribution in [1.82, 2.24) is 5.32 Å². The first kappa shape index (κ1) is 18.9. The summed E-state index contributed by atoms with van der Waals surface area (Å²) in [7, 11) is -5.17. The number of hydrogen-bond acceptors (Lipinski definition) is 7. The maximum Gasteiger partial charge on any atom is 2.00 e. The van der Waals surface area contributed by atoms with Gasteiger partial charge in [-0.3, -0.25) is 8.42 Å². The van der Waals surface area contributed by atoms with Crippen LogP contribution in [0.25, 0.3) is 0 Å². The van der Waals surface area contributed by atoms with Crippen molar-refractivity contribution in [3.63, 3.8) is 0 Å². The van der Waals surface area contributed by atoms with E-state index in [-0.39, 0.29) is 17.1 Å². The third kappa shape index (κ3) is 71.0.